The van der Waals surface area contributed by atoms with Crippen molar-refractivity contribution in [3.05, 3.63) is 102 Å². The van der Waals surface area contributed by atoms with E-state index in [0.29, 0.717) is 5.82 Å². The van der Waals surface area contributed by atoms with Crippen molar-refractivity contribution in [1.82, 2.24) is 25.6 Å². The van der Waals surface area contributed by atoms with Crippen molar-refractivity contribution in [1.29, 1.82) is 0 Å². The number of H-pyrrole nitrogens is 1. The van der Waals surface area contributed by atoms with Gasteiger partial charge in [0, 0.05) is 29.6 Å². The van der Waals surface area contributed by atoms with Gasteiger partial charge in [-0.1, -0.05) is 48.5 Å². The van der Waals surface area contributed by atoms with Gasteiger partial charge in [-0.2, -0.15) is 5.21 Å². The summed E-state index contributed by atoms with van der Waals surface area (Å²) in [5.74, 6) is 0.738. The van der Waals surface area contributed by atoms with Crippen molar-refractivity contribution < 1.29 is 0 Å². The molecular weight excluding hydrogens is 372 g/mol. The molecule has 2 atom stereocenters. The fourth-order valence-electron chi connectivity index (χ4n) is 4.54. The number of pyridine rings is 1. The van der Waals surface area contributed by atoms with Crippen LogP contribution in [0.1, 0.15) is 28.7 Å². The number of aromatic nitrogens is 5. The molecule has 144 valence electrons. The van der Waals surface area contributed by atoms with E-state index in [1.165, 1.54) is 33.2 Å². The van der Waals surface area contributed by atoms with Crippen LogP contribution in [0.2, 0.25) is 0 Å². The molecule has 3 aromatic carbocycles. The second kappa shape index (κ2) is 6.77. The first-order chi connectivity index (χ1) is 14.9. The highest BCUT2D eigenvalue weighted by Gasteiger charge is 2.36. The van der Waals surface area contributed by atoms with Crippen LogP contribution in [0.15, 0.2) is 85.2 Å². The number of tetrazole rings is 1. The maximum Gasteiger partial charge on any atom is 0.204 e. The molecule has 3 heterocycles. The molecule has 0 unspecified atom stereocenters. The summed E-state index contributed by atoms with van der Waals surface area (Å²) in [5, 5.41) is 20.8. The monoisotopic (exact) mass is 390 g/mol. The Kier molecular flexibility index (Phi) is 3.81. The standard InChI is InChI=1S/C24H18N6/c1-2-7-19-15(4-1)8-9-20-22(19)21(23(26-20)16-10-12-25-13-11-16)17-5-3-6-18(14-17)24-27-29-30-28-24/h1-14,21,23,26H,(H,27,28,29,30)/t21-,23+/m0/s1. The van der Waals surface area contributed by atoms with Crippen LogP contribution in [0.4, 0.5) is 5.69 Å². The summed E-state index contributed by atoms with van der Waals surface area (Å²) in [5.41, 5.74) is 5.86. The van der Waals surface area contributed by atoms with E-state index in [4.69, 9.17) is 0 Å². The zero-order chi connectivity index (χ0) is 19.9. The van der Waals surface area contributed by atoms with E-state index in [0.717, 1.165) is 5.56 Å². The zero-order valence-electron chi connectivity index (χ0n) is 16.0. The molecule has 0 saturated carbocycles. The van der Waals surface area contributed by atoms with Crippen molar-refractivity contribution in [2.45, 2.75) is 12.0 Å². The van der Waals surface area contributed by atoms with E-state index in [-0.39, 0.29) is 12.0 Å². The maximum absolute atomic E-state index is 4.21. The largest absolute Gasteiger partial charge is 0.377 e. The summed E-state index contributed by atoms with van der Waals surface area (Å²) in [6.45, 7) is 0. The van der Waals surface area contributed by atoms with Gasteiger partial charge < -0.3 is 5.32 Å². The van der Waals surface area contributed by atoms with Crippen LogP contribution in [0.25, 0.3) is 22.2 Å². The number of rotatable bonds is 3. The Bertz CT molecular complexity index is 1330. The Hall–Kier alpha value is -4.06. The topological polar surface area (TPSA) is 79.4 Å². The van der Waals surface area contributed by atoms with Gasteiger partial charge in [0.1, 0.15) is 0 Å². The molecule has 0 amide bonds. The highest BCUT2D eigenvalue weighted by molar-refractivity contribution is 5.93. The molecule has 0 aliphatic carbocycles. The number of anilines is 1. The molecular formula is C24H18N6. The first kappa shape index (κ1) is 16.9. The van der Waals surface area contributed by atoms with Gasteiger partial charge in [-0.05, 0) is 56.9 Å². The number of nitrogens with one attached hydrogen (secondary N) is 2. The molecule has 0 radical (unpaired) electrons. The van der Waals surface area contributed by atoms with E-state index in [1.54, 1.807) is 0 Å². The minimum Gasteiger partial charge on any atom is -0.377 e. The predicted molar refractivity (Wildman–Crippen MR) is 116 cm³/mol. The van der Waals surface area contributed by atoms with Crippen molar-refractivity contribution in [2.75, 3.05) is 5.32 Å². The lowest BCUT2D eigenvalue weighted by atomic mass is 9.82. The third kappa shape index (κ3) is 2.65. The molecule has 5 aromatic rings. The van der Waals surface area contributed by atoms with E-state index >= 15 is 0 Å². The fourth-order valence-corrected chi connectivity index (χ4v) is 4.54. The van der Waals surface area contributed by atoms with Crippen LogP contribution in [0.3, 0.4) is 0 Å². The molecule has 6 heteroatoms. The van der Waals surface area contributed by atoms with Crippen molar-refractivity contribution in [2.24, 2.45) is 0 Å². The minimum atomic E-state index is 0.106. The number of hydrogen-bond acceptors (Lipinski definition) is 5. The lowest BCUT2D eigenvalue weighted by molar-refractivity contribution is 0.715. The van der Waals surface area contributed by atoms with Crippen molar-refractivity contribution in [3.8, 4) is 11.4 Å². The van der Waals surface area contributed by atoms with Crippen molar-refractivity contribution in [3.63, 3.8) is 0 Å². The van der Waals surface area contributed by atoms with Gasteiger partial charge in [0.05, 0.1) is 6.04 Å². The molecule has 2 aromatic heterocycles. The Morgan fingerprint density at radius 2 is 1.70 bits per heavy atom. The Labute approximate surface area is 173 Å². The average Bonchev–Trinajstić information content (AvgIpc) is 3.48. The normalized spacial score (nSPS) is 17.6. The highest BCUT2D eigenvalue weighted by Crippen LogP contribution is 2.50. The number of nitrogens with zero attached hydrogens (tertiary/aromatic N) is 4. The number of hydrogen-bond donors (Lipinski definition) is 2. The average molecular weight is 390 g/mol. The second-order valence-electron chi connectivity index (χ2n) is 7.49. The zero-order valence-corrected chi connectivity index (χ0v) is 16.0. The lowest BCUT2D eigenvalue weighted by Crippen LogP contribution is -2.13. The van der Waals surface area contributed by atoms with Crippen LogP contribution >= 0.6 is 0 Å². The quantitative estimate of drug-likeness (QED) is 0.466. The molecule has 2 N–H and O–H groups in total. The van der Waals surface area contributed by atoms with Gasteiger partial charge >= 0.3 is 0 Å². The van der Waals surface area contributed by atoms with E-state index in [2.05, 4.69) is 97.7 Å². The summed E-state index contributed by atoms with van der Waals surface area (Å²) >= 11 is 0. The van der Waals surface area contributed by atoms with E-state index in [1.807, 2.05) is 18.5 Å². The van der Waals surface area contributed by atoms with Gasteiger partial charge in [0.25, 0.3) is 0 Å². The van der Waals surface area contributed by atoms with Crippen LogP contribution in [-0.4, -0.2) is 25.6 Å². The molecule has 6 rings (SSSR count). The third-order valence-electron chi connectivity index (χ3n) is 5.84. The van der Waals surface area contributed by atoms with Crippen LogP contribution in [0, 0.1) is 0 Å². The molecule has 0 saturated heterocycles. The summed E-state index contributed by atoms with van der Waals surface area (Å²) in [6.07, 6.45) is 3.70. The van der Waals surface area contributed by atoms with Crippen LogP contribution < -0.4 is 5.32 Å². The van der Waals surface area contributed by atoms with Gasteiger partial charge in [-0.3, -0.25) is 4.98 Å². The van der Waals surface area contributed by atoms with Gasteiger partial charge in [-0.15, -0.1) is 10.2 Å². The van der Waals surface area contributed by atoms with Gasteiger partial charge in [-0.25, -0.2) is 0 Å². The van der Waals surface area contributed by atoms with Crippen LogP contribution in [-0.2, 0) is 0 Å². The molecule has 0 fully saturated rings. The van der Waals surface area contributed by atoms with Crippen molar-refractivity contribution >= 4 is 16.5 Å². The molecule has 30 heavy (non-hydrogen) atoms. The first-order valence-electron chi connectivity index (χ1n) is 9.90. The SMILES string of the molecule is c1cc(-c2nn[nH]n2)cc([C@H]2c3c(ccc4ccccc34)N[C@@H]2c2ccncc2)c1. The second-order valence-corrected chi connectivity index (χ2v) is 7.49. The smallest absolute Gasteiger partial charge is 0.204 e. The third-order valence-corrected chi connectivity index (χ3v) is 5.84. The molecule has 1 aliphatic heterocycles. The predicted octanol–water partition coefficient (Wildman–Crippen LogP) is 4.71. The van der Waals surface area contributed by atoms with E-state index < -0.39 is 0 Å². The van der Waals surface area contributed by atoms with Gasteiger partial charge in [0.2, 0.25) is 5.82 Å². The number of benzene rings is 3. The summed E-state index contributed by atoms with van der Waals surface area (Å²) in [6, 6.07) is 25.6. The number of fused-ring (bicyclic) bond motifs is 3. The lowest BCUT2D eigenvalue weighted by Gasteiger charge is -2.22. The highest BCUT2D eigenvalue weighted by atomic mass is 15.5. The Morgan fingerprint density at radius 3 is 2.57 bits per heavy atom. The first-order valence-corrected chi connectivity index (χ1v) is 9.90. The molecule has 6 nitrogen and oxygen atoms in total. The molecule has 1 aliphatic rings. The Balaban J connectivity index is 1.58. The summed E-state index contributed by atoms with van der Waals surface area (Å²) < 4.78 is 0. The van der Waals surface area contributed by atoms with Crippen LogP contribution in [0.5, 0.6) is 0 Å². The molecule has 0 bridgehead atoms. The Morgan fingerprint density at radius 1 is 0.800 bits per heavy atom. The summed E-state index contributed by atoms with van der Waals surface area (Å²) in [4.78, 5) is 4.21. The maximum atomic E-state index is 4.21. The summed E-state index contributed by atoms with van der Waals surface area (Å²) in [7, 11) is 0. The fraction of sp³-hybridized carbons (Fsp3) is 0.0833. The van der Waals surface area contributed by atoms with E-state index in [9.17, 15) is 0 Å². The number of aromatic amines is 1. The minimum absolute atomic E-state index is 0.106. The van der Waals surface area contributed by atoms with Gasteiger partial charge in [0.15, 0.2) is 0 Å². The molecule has 0 spiro atoms.